The van der Waals surface area contributed by atoms with Crippen molar-refractivity contribution in [3.8, 4) is 0 Å². The van der Waals surface area contributed by atoms with Crippen LogP contribution in [0.15, 0.2) is 24.0 Å². The summed E-state index contributed by atoms with van der Waals surface area (Å²) in [6.45, 7) is 9.78. The van der Waals surface area contributed by atoms with Gasteiger partial charge in [0.15, 0.2) is 19.7 Å². The number of primary amides is 1. The van der Waals surface area contributed by atoms with Crippen LogP contribution in [0.1, 0.15) is 13.8 Å². The normalized spacial score (nSPS) is 11.2. The monoisotopic (exact) mass is 269 g/mol. The van der Waals surface area contributed by atoms with Crippen molar-refractivity contribution in [1.82, 2.24) is 0 Å². The Morgan fingerprint density at radius 3 is 1.44 bits per heavy atom. The van der Waals surface area contributed by atoms with Gasteiger partial charge in [-0.05, 0) is 0 Å². The third kappa shape index (κ3) is 4.15. The molecule has 0 aliphatic carbocycles. The van der Waals surface area contributed by atoms with E-state index < -0.39 is 30.2 Å². The Kier molecular flexibility index (Phi) is 6.94. The SMILES string of the molecule is C=CS(=O)(=O)C(C(N)=O)S(=O)(=O)C=C.CC. The van der Waals surface area contributed by atoms with Gasteiger partial charge in [-0.3, -0.25) is 4.79 Å². The molecule has 0 aromatic rings. The first-order valence-electron chi connectivity index (χ1n) is 4.21. The van der Waals surface area contributed by atoms with Crippen LogP contribution in [0.2, 0.25) is 0 Å². The number of rotatable bonds is 5. The molecular formula is C8H15NO5S2. The summed E-state index contributed by atoms with van der Waals surface area (Å²) in [4.78, 5) is 10.7. The topological polar surface area (TPSA) is 111 Å². The summed E-state index contributed by atoms with van der Waals surface area (Å²) in [7, 11) is -8.60. The van der Waals surface area contributed by atoms with Crippen LogP contribution in [-0.4, -0.2) is 27.3 Å². The molecule has 94 valence electrons. The number of nitrogens with two attached hydrogens (primary N) is 1. The smallest absolute Gasteiger partial charge is 0.252 e. The third-order valence-corrected chi connectivity index (χ3v) is 5.49. The number of hydrogen-bond donors (Lipinski definition) is 1. The number of carbonyl (C=O) groups excluding carboxylic acids is 1. The molecule has 0 spiro atoms. The molecule has 0 aliphatic heterocycles. The molecule has 0 aromatic heterocycles. The van der Waals surface area contributed by atoms with Crippen molar-refractivity contribution >= 4 is 25.6 Å². The Morgan fingerprint density at radius 2 is 1.31 bits per heavy atom. The highest BCUT2D eigenvalue weighted by atomic mass is 32.3. The number of carbonyl (C=O) groups is 1. The minimum absolute atomic E-state index is 0.365. The van der Waals surface area contributed by atoms with Crippen LogP contribution < -0.4 is 5.73 Å². The summed E-state index contributed by atoms with van der Waals surface area (Å²) in [6.07, 6.45) is 0. The van der Waals surface area contributed by atoms with Crippen LogP contribution in [0, 0.1) is 0 Å². The molecule has 0 aliphatic rings. The Morgan fingerprint density at radius 1 is 1.06 bits per heavy atom. The van der Waals surface area contributed by atoms with Gasteiger partial charge in [0.2, 0.25) is 4.58 Å². The maximum Gasteiger partial charge on any atom is 0.252 e. The molecule has 0 aromatic carbocycles. The van der Waals surface area contributed by atoms with Crippen molar-refractivity contribution < 1.29 is 21.6 Å². The zero-order chi connectivity index (χ0) is 13.6. The van der Waals surface area contributed by atoms with Gasteiger partial charge in [0.05, 0.1) is 0 Å². The lowest BCUT2D eigenvalue weighted by atomic mass is 10.7. The molecule has 0 rings (SSSR count). The van der Waals surface area contributed by atoms with Gasteiger partial charge in [0, 0.05) is 10.8 Å². The lowest BCUT2D eigenvalue weighted by Crippen LogP contribution is -2.40. The van der Waals surface area contributed by atoms with E-state index in [9.17, 15) is 21.6 Å². The van der Waals surface area contributed by atoms with E-state index in [-0.39, 0.29) is 0 Å². The molecule has 0 fully saturated rings. The van der Waals surface area contributed by atoms with Gasteiger partial charge in [0.1, 0.15) is 0 Å². The first-order chi connectivity index (χ1) is 7.19. The molecule has 16 heavy (non-hydrogen) atoms. The van der Waals surface area contributed by atoms with E-state index in [0.717, 1.165) is 0 Å². The summed E-state index contributed by atoms with van der Waals surface area (Å²) in [5.74, 6) is -1.48. The molecular weight excluding hydrogens is 254 g/mol. The maximum atomic E-state index is 11.1. The van der Waals surface area contributed by atoms with Crippen LogP contribution in [0.25, 0.3) is 0 Å². The van der Waals surface area contributed by atoms with Gasteiger partial charge >= 0.3 is 0 Å². The number of amides is 1. The van der Waals surface area contributed by atoms with Crippen LogP contribution in [0.4, 0.5) is 0 Å². The first-order valence-corrected chi connectivity index (χ1v) is 7.43. The van der Waals surface area contributed by atoms with Gasteiger partial charge in [-0.25, -0.2) is 16.8 Å². The summed E-state index contributed by atoms with van der Waals surface area (Å²) < 4.78 is 42.1. The number of sulfone groups is 2. The lowest BCUT2D eigenvalue weighted by molar-refractivity contribution is -0.116. The van der Waals surface area contributed by atoms with Crippen LogP contribution >= 0.6 is 0 Å². The Bertz CT molecular complexity index is 423. The van der Waals surface area contributed by atoms with Crippen LogP contribution in [0.5, 0.6) is 0 Å². The molecule has 0 saturated carbocycles. The van der Waals surface area contributed by atoms with E-state index in [4.69, 9.17) is 0 Å². The van der Waals surface area contributed by atoms with Crippen molar-refractivity contribution in [3.63, 3.8) is 0 Å². The molecule has 0 bridgehead atoms. The van der Waals surface area contributed by atoms with Crippen molar-refractivity contribution in [1.29, 1.82) is 0 Å². The van der Waals surface area contributed by atoms with Gasteiger partial charge in [-0.2, -0.15) is 0 Å². The van der Waals surface area contributed by atoms with E-state index in [0.29, 0.717) is 10.8 Å². The molecule has 0 saturated heterocycles. The quantitative estimate of drug-likeness (QED) is 0.751. The van der Waals surface area contributed by atoms with Crippen molar-refractivity contribution in [2.75, 3.05) is 0 Å². The highest BCUT2D eigenvalue weighted by Gasteiger charge is 2.39. The average Bonchev–Trinajstić information content (AvgIpc) is 2.19. The molecule has 6 nitrogen and oxygen atoms in total. The fourth-order valence-corrected chi connectivity index (χ4v) is 3.65. The van der Waals surface area contributed by atoms with E-state index in [2.05, 4.69) is 18.9 Å². The van der Waals surface area contributed by atoms with Gasteiger partial charge in [-0.1, -0.05) is 27.0 Å². The zero-order valence-electron chi connectivity index (χ0n) is 9.08. The van der Waals surface area contributed by atoms with E-state index in [1.807, 2.05) is 13.8 Å². The van der Waals surface area contributed by atoms with E-state index in [1.54, 1.807) is 0 Å². The summed E-state index contributed by atoms with van der Waals surface area (Å²) in [6, 6.07) is 0. The van der Waals surface area contributed by atoms with Gasteiger partial charge < -0.3 is 5.73 Å². The molecule has 0 heterocycles. The van der Waals surface area contributed by atoms with E-state index >= 15 is 0 Å². The average molecular weight is 269 g/mol. The Labute approximate surface area is 95.7 Å². The largest absolute Gasteiger partial charge is 0.368 e. The van der Waals surface area contributed by atoms with Crippen LogP contribution in [0.3, 0.4) is 0 Å². The second-order valence-corrected chi connectivity index (χ2v) is 6.51. The fourth-order valence-electron chi connectivity index (χ4n) is 0.686. The summed E-state index contributed by atoms with van der Waals surface area (Å²) in [5.41, 5.74) is 4.67. The summed E-state index contributed by atoms with van der Waals surface area (Å²) in [5, 5.41) is 0.729. The molecule has 1 amide bonds. The molecule has 0 unspecified atom stereocenters. The maximum absolute atomic E-state index is 11.1. The standard InChI is InChI=1S/C6H9NO5S2.C2H6/c1-3-13(9,10)6(5(7)8)14(11,12)4-2;1-2/h3-4,6H,1-2H2,(H2,7,8);1-2H3. The van der Waals surface area contributed by atoms with Crippen molar-refractivity contribution in [3.05, 3.63) is 24.0 Å². The van der Waals surface area contributed by atoms with Crippen LogP contribution in [-0.2, 0) is 24.5 Å². The molecule has 0 atom stereocenters. The van der Waals surface area contributed by atoms with Crippen molar-refractivity contribution in [2.24, 2.45) is 5.73 Å². The minimum Gasteiger partial charge on any atom is -0.368 e. The predicted octanol–water partition coefficient (Wildman–Crippen LogP) is -0.0594. The zero-order valence-corrected chi connectivity index (χ0v) is 10.7. The third-order valence-electron chi connectivity index (χ3n) is 1.29. The van der Waals surface area contributed by atoms with Gasteiger partial charge in [-0.15, -0.1) is 0 Å². The minimum atomic E-state index is -4.30. The van der Waals surface area contributed by atoms with E-state index in [1.165, 1.54) is 0 Å². The lowest BCUT2D eigenvalue weighted by Gasteiger charge is -2.08. The second kappa shape index (κ2) is 6.44. The molecule has 2 N–H and O–H groups in total. The molecule has 0 radical (unpaired) electrons. The predicted molar refractivity (Wildman–Crippen MR) is 62.6 cm³/mol. The van der Waals surface area contributed by atoms with Crippen molar-refractivity contribution in [2.45, 2.75) is 18.4 Å². The highest BCUT2D eigenvalue weighted by molar-refractivity contribution is 8.12. The summed E-state index contributed by atoms with van der Waals surface area (Å²) >= 11 is 0. The number of hydrogen-bond acceptors (Lipinski definition) is 5. The highest BCUT2D eigenvalue weighted by Crippen LogP contribution is 2.12. The first kappa shape index (κ1) is 17.3. The Balaban J connectivity index is 0. The fraction of sp³-hybridized carbons (Fsp3) is 0.375. The second-order valence-electron chi connectivity index (χ2n) is 2.25. The van der Waals surface area contributed by atoms with Gasteiger partial charge in [0.25, 0.3) is 5.91 Å². The Hall–Kier alpha value is -1.15. The molecule has 8 heteroatoms.